The predicted molar refractivity (Wildman–Crippen MR) is 38.3 cm³/mol. The summed E-state index contributed by atoms with van der Waals surface area (Å²) in [6, 6.07) is 0. The van der Waals surface area contributed by atoms with Crippen LogP contribution in [0.2, 0.25) is 0 Å². The Bertz CT molecular complexity index is 186. The number of amides is 1. The van der Waals surface area contributed by atoms with Crippen LogP contribution in [0.4, 0.5) is 0 Å². The second-order valence-electron chi connectivity index (χ2n) is 1.82. The van der Waals surface area contributed by atoms with Crippen molar-refractivity contribution in [3.63, 3.8) is 0 Å². The van der Waals surface area contributed by atoms with Crippen LogP contribution in [-0.4, -0.2) is 18.5 Å². The van der Waals surface area contributed by atoms with Crippen LogP contribution < -0.4 is 5.32 Å². The van der Waals surface area contributed by atoms with E-state index in [-0.39, 0.29) is 12.3 Å². The van der Waals surface area contributed by atoms with Crippen molar-refractivity contribution in [2.75, 3.05) is 6.61 Å². The molecule has 4 heteroatoms. The molecule has 0 saturated heterocycles. The summed E-state index contributed by atoms with van der Waals surface area (Å²) >= 11 is 0. The maximum atomic E-state index is 10.7. The van der Waals surface area contributed by atoms with Crippen LogP contribution in [0, 0.1) is 6.58 Å². The molecule has 11 heavy (non-hydrogen) atoms. The third-order valence-electron chi connectivity index (χ3n) is 0.806. The van der Waals surface area contributed by atoms with Gasteiger partial charge in [0.05, 0.1) is 6.61 Å². The Kier molecular flexibility index (Phi) is 3.95. The summed E-state index contributed by atoms with van der Waals surface area (Å²) in [5.74, 6) is -1.10. The van der Waals surface area contributed by atoms with Gasteiger partial charge in [-0.3, -0.25) is 4.79 Å². The molecule has 0 aromatic heterocycles. The lowest BCUT2D eigenvalue weighted by Crippen LogP contribution is -2.25. The van der Waals surface area contributed by atoms with Crippen molar-refractivity contribution >= 4 is 11.9 Å². The van der Waals surface area contributed by atoms with Crippen LogP contribution in [0.15, 0.2) is 5.70 Å². The molecule has 1 radical (unpaired) electrons. The number of rotatable bonds is 3. The lowest BCUT2D eigenvalue weighted by atomic mass is 10.5. The number of esters is 1. The number of carbonyl (C=O) groups excluding carboxylic acids is 2. The zero-order valence-electron chi connectivity index (χ0n) is 6.51. The van der Waals surface area contributed by atoms with E-state index in [0.29, 0.717) is 0 Å². The molecule has 1 N–H and O–H groups in total. The first-order chi connectivity index (χ1) is 5.07. The van der Waals surface area contributed by atoms with Crippen molar-refractivity contribution in [1.29, 1.82) is 0 Å². The Hall–Kier alpha value is -1.32. The van der Waals surface area contributed by atoms with Gasteiger partial charge in [-0.05, 0) is 13.5 Å². The van der Waals surface area contributed by atoms with E-state index in [1.54, 1.807) is 6.92 Å². The first kappa shape index (κ1) is 9.68. The molecule has 0 fully saturated rings. The smallest absolute Gasteiger partial charge is 0.354 e. The fourth-order valence-corrected chi connectivity index (χ4v) is 0.450. The van der Waals surface area contributed by atoms with E-state index < -0.39 is 11.9 Å². The standard InChI is InChI=1S/C7H10NO3/c1-4-11-7(10)5(2)8-6(3)9/h2H,4H2,1,3H3,(H,8,9). The molecule has 1 amide bonds. The molecule has 61 valence electrons. The van der Waals surface area contributed by atoms with E-state index >= 15 is 0 Å². The molecule has 0 aromatic rings. The highest BCUT2D eigenvalue weighted by atomic mass is 16.5. The molecule has 4 nitrogen and oxygen atoms in total. The summed E-state index contributed by atoms with van der Waals surface area (Å²) in [6.07, 6.45) is 0. The van der Waals surface area contributed by atoms with Crippen molar-refractivity contribution in [1.82, 2.24) is 5.32 Å². The molecule has 0 unspecified atom stereocenters. The Morgan fingerprint density at radius 3 is 2.45 bits per heavy atom. The highest BCUT2D eigenvalue weighted by Crippen LogP contribution is 1.88. The maximum absolute atomic E-state index is 10.7. The third-order valence-corrected chi connectivity index (χ3v) is 0.806. The maximum Gasteiger partial charge on any atom is 0.354 e. The van der Waals surface area contributed by atoms with Crippen LogP contribution in [0.1, 0.15) is 13.8 Å². The van der Waals surface area contributed by atoms with Gasteiger partial charge < -0.3 is 10.1 Å². The van der Waals surface area contributed by atoms with E-state index in [2.05, 4.69) is 10.1 Å². The van der Waals surface area contributed by atoms with Crippen molar-refractivity contribution in [3.05, 3.63) is 12.3 Å². The minimum Gasteiger partial charge on any atom is -0.461 e. The Labute approximate surface area is 65.2 Å². The monoisotopic (exact) mass is 156 g/mol. The third kappa shape index (κ3) is 4.13. The van der Waals surface area contributed by atoms with Crippen molar-refractivity contribution in [2.45, 2.75) is 13.8 Å². The minimum atomic E-state index is -0.706. The summed E-state index contributed by atoms with van der Waals surface area (Å²) < 4.78 is 4.49. The van der Waals surface area contributed by atoms with E-state index in [0.717, 1.165) is 0 Å². The normalized spacial score (nSPS) is 8.55. The molecule has 0 bridgehead atoms. The number of nitrogens with one attached hydrogen (secondary N) is 1. The van der Waals surface area contributed by atoms with E-state index in [9.17, 15) is 9.59 Å². The topological polar surface area (TPSA) is 55.4 Å². The van der Waals surface area contributed by atoms with Gasteiger partial charge >= 0.3 is 5.97 Å². The fourth-order valence-electron chi connectivity index (χ4n) is 0.450. The Balaban J connectivity index is 3.83. The van der Waals surface area contributed by atoms with E-state index in [1.807, 2.05) is 0 Å². The summed E-state index contributed by atoms with van der Waals surface area (Å²) in [6.45, 7) is 8.26. The van der Waals surface area contributed by atoms with Gasteiger partial charge in [-0.15, -0.1) is 0 Å². The molecule has 0 spiro atoms. The number of hydrogen-bond acceptors (Lipinski definition) is 3. The van der Waals surface area contributed by atoms with Crippen LogP contribution in [0.25, 0.3) is 0 Å². The molecule has 0 rings (SSSR count). The predicted octanol–water partition coefficient (Wildman–Crippen LogP) is 0.00249. The van der Waals surface area contributed by atoms with Crippen molar-refractivity contribution < 1.29 is 14.3 Å². The van der Waals surface area contributed by atoms with Gasteiger partial charge in [0.2, 0.25) is 5.91 Å². The van der Waals surface area contributed by atoms with Crippen molar-refractivity contribution in [2.24, 2.45) is 0 Å². The molecule has 0 aliphatic heterocycles. The van der Waals surface area contributed by atoms with Gasteiger partial charge in [0.15, 0.2) is 0 Å². The van der Waals surface area contributed by atoms with E-state index in [1.165, 1.54) is 6.92 Å². The first-order valence-corrected chi connectivity index (χ1v) is 3.15. The number of carbonyl (C=O) groups is 2. The molecule has 0 aromatic carbocycles. The lowest BCUT2D eigenvalue weighted by molar-refractivity contribution is -0.139. The van der Waals surface area contributed by atoms with Crippen LogP contribution in [0.5, 0.6) is 0 Å². The first-order valence-electron chi connectivity index (χ1n) is 3.15. The second kappa shape index (κ2) is 4.49. The molecule has 0 aliphatic carbocycles. The largest absolute Gasteiger partial charge is 0.461 e. The zero-order chi connectivity index (χ0) is 8.85. The Morgan fingerprint density at radius 1 is 1.55 bits per heavy atom. The zero-order valence-corrected chi connectivity index (χ0v) is 6.51. The van der Waals surface area contributed by atoms with Gasteiger partial charge in [-0.1, -0.05) is 0 Å². The Morgan fingerprint density at radius 2 is 2.09 bits per heavy atom. The molecule has 0 atom stereocenters. The SMILES string of the molecule is [CH]=C(NC(C)=O)C(=O)OCC. The molecule has 0 aliphatic rings. The fraction of sp³-hybridized carbons (Fsp3) is 0.429. The molecular formula is C7H10NO3. The lowest BCUT2D eigenvalue weighted by Gasteiger charge is -2.03. The van der Waals surface area contributed by atoms with Crippen LogP contribution in [0.3, 0.4) is 0 Å². The average molecular weight is 156 g/mol. The van der Waals surface area contributed by atoms with Gasteiger partial charge in [0.1, 0.15) is 5.70 Å². The van der Waals surface area contributed by atoms with Crippen LogP contribution in [-0.2, 0) is 14.3 Å². The quantitative estimate of drug-likeness (QED) is 0.462. The summed E-state index contributed by atoms with van der Waals surface area (Å²) in [7, 11) is 0. The molecule has 0 saturated carbocycles. The van der Waals surface area contributed by atoms with Gasteiger partial charge in [-0.2, -0.15) is 0 Å². The molecule has 0 heterocycles. The average Bonchev–Trinajstić information content (AvgIpc) is 1.86. The summed E-state index contributed by atoms with van der Waals surface area (Å²) in [5, 5.41) is 2.11. The minimum absolute atomic E-state index is 0.235. The highest BCUT2D eigenvalue weighted by Gasteiger charge is 2.07. The van der Waals surface area contributed by atoms with Gasteiger partial charge in [-0.25, -0.2) is 4.79 Å². The van der Waals surface area contributed by atoms with Gasteiger partial charge in [0.25, 0.3) is 0 Å². The van der Waals surface area contributed by atoms with Crippen molar-refractivity contribution in [3.8, 4) is 0 Å². The van der Waals surface area contributed by atoms with E-state index in [4.69, 9.17) is 6.58 Å². The summed E-state index contributed by atoms with van der Waals surface area (Å²) in [5.41, 5.74) is -0.278. The van der Waals surface area contributed by atoms with Crippen LogP contribution >= 0.6 is 0 Å². The number of ether oxygens (including phenoxy) is 1. The highest BCUT2D eigenvalue weighted by molar-refractivity contribution is 5.92. The molecular weight excluding hydrogens is 146 g/mol. The number of hydrogen-bond donors (Lipinski definition) is 1. The summed E-state index contributed by atoms with van der Waals surface area (Å²) in [4.78, 5) is 21.0. The second-order valence-corrected chi connectivity index (χ2v) is 1.82. The van der Waals surface area contributed by atoms with Gasteiger partial charge in [0, 0.05) is 6.92 Å².